The topological polar surface area (TPSA) is 63.8 Å². The van der Waals surface area contributed by atoms with E-state index in [4.69, 9.17) is 0 Å². The Morgan fingerprint density at radius 1 is 1.56 bits per heavy atom. The van der Waals surface area contributed by atoms with Crippen molar-refractivity contribution in [3.8, 4) is 0 Å². The highest BCUT2D eigenvalue weighted by Crippen LogP contribution is 2.17. The average molecular weight is 238 g/mol. The highest BCUT2D eigenvalue weighted by Gasteiger charge is 2.14. The molecule has 0 bridgehead atoms. The molecule has 0 saturated carbocycles. The van der Waals surface area contributed by atoms with Crippen LogP contribution < -0.4 is 0 Å². The lowest BCUT2D eigenvalue weighted by molar-refractivity contribution is 0.170. The van der Waals surface area contributed by atoms with Crippen molar-refractivity contribution in [2.75, 3.05) is 0 Å². The van der Waals surface area contributed by atoms with Crippen molar-refractivity contribution in [2.45, 2.75) is 32.9 Å². The summed E-state index contributed by atoms with van der Waals surface area (Å²) in [5, 5.41) is 19.9. The van der Waals surface area contributed by atoms with E-state index in [1.165, 1.54) is 11.5 Å². The van der Waals surface area contributed by atoms with E-state index in [9.17, 15) is 5.11 Å². The number of hydrogen-bond acceptors (Lipinski definition) is 5. The van der Waals surface area contributed by atoms with Gasteiger partial charge in [-0.1, -0.05) is 4.49 Å². The molecule has 0 spiro atoms. The third-order valence-electron chi connectivity index (χ3n) is 2.41. The van der Waals surface area contributed by atoms with Crippen LogP contribution in [0.15, 0.2) is 11.4 Å². The first-order valence-corrected chi connectivity index (χ1v) is 6.02. The first kappa shape index (κ1) is 11.2. The van der Waals surface area contributed by atoms with Gasteiger partial charge in [-0.25, -0.2) is 0 Å². The second kappa shape index (κ2) is 4.71. The Labute approximate surface area is 97.9 Å². The van der Waals surface area contributed by atoms with Crippen LogP contribution in [0.5, 0.6) is 0 Å². The van der Waals surface area contributed by atoms with Crippen LogP contribution in [-0.4, -0.2) is 24.5 Å². The minimum Gasteiger partial charge on any atom is -0.386 e. The molecule has 2 aromatic heterocycles. The molecule has 1 N–H and O–H groups in total. The summed E-state index contributed by atoms with van der Waals surface area (Å²) in [4.78, 5) is 0. The van der Waals surface area contributed by atoms with E-state index in [2.05, 4.69) is 14.7 Å². The standard InChI is InChI=1S/C10H14N4OS/c1-3-14-8(4-7(2)12-14)5-10(15)9-6-16-13-11-9/h4,6,10,15H,3,5H2,1-2H3. The van der Waals surface area contributed by atoms with Crippen molar-refractivity contribution >= 4 is 11.5 Å². The van der Waals surface area contributed by atoms with Gasteiger partial charge in [0.1, 0.15) is 11.8 Å². The Kier molecular flexibility index (Phi) is 3.31. The highest BCUT2D eigenvalue weighted by molar-refractivity contribution is 7.03. The van der Waals surface area contributed by atoms with Crippen LogP contribution >= 0.6 is 11.5 Å². The third kappa shape index (κ3) is 2.28. The Morgan fingerprint density at radius 3 is 3.00 bits per heavy atom. The van der Waals surface area contributed by atoms with Crippen molar-refractivity contribution in [3.63, 3.8) is 0 Å². The Hall–Kier alpha value is -1.27. The molecule has 0 aliphatic rings. The molecule has 0 amide bonds. The summed E-state index contributed by atoms with van der Waals surface area (Å²) in [6.07, 6.45) is -0.0692. The summed E-state index contributed by atoms with van der Waals surface area (Å²) in [6, 6.07) is 1.99. The van der Waals surface area contributed by atoms with Crippen LogP contribution in [-0.2, 0) is 13.0 Å². The van der Waals surface area contributed by atoms with Crippen molar-refractivity contribution in [1.29, 1.82) is 0 Å². The van der Waals surface area contributed by atoms with Crippen LogP contribution in [0.1, 0.15) is 30.1 Å². The van der Waals surface area contributed by atoms with Gasteiger partial charge in [0.2, 0.25) is 0 Å². The van der Waals surface area contributed by atoms with Gasteiger partial charge in [-0.3, -0.25) is 4.68 Å². The van der Waals surface area contributed by atoms with Gasteiger partial charge in [-0.05, 0) is 31.4 Å². The third-order valence-corrected chi connectivity index (χ3v) is 2.93. The fourth-order valence-corrected chi connectivity index (χ4v) is 2.16. The molecule has 0 fully saturated rings. The van der Waals surface area contributed by atoms with E-state index in [1.54, 1.807) is 5.38 Å². The molecule has 5 nitrogen and oxygen atoms in total. The van der Waals surface area contributed by atoms with Crippen molar-refractivity contribution in [2.24, 2.45) is 0 Å². The van der Waals surface area contributed by atoms with Gasteiger partial charge in [0.15, 0.2) is 0 Å². The molecule has 0 aliphatic carbocycles. The lowest BCUT2D eigenvalue weighted by Gasteiger charge is -2.08. The molecule has 0 saturated heterocycles. The number of rotatable bonds is 4. The summed E-state index contributed by atoms with van der Waals surface area (Å²) in [5.74, 6) is 0. The predicted octanol–water partition coefficient (Wildman–Crippen LogP) is 1.34. The molecule has 2 heterocycles. The summed E-state index contributed by atoms with van der Waals surface area (Å²) in [6.45, 7) is 4.80. The smallest absolute Gasteiger partial charge is 0.104 e. The first-order valence-electron chi connectivity index (χ1n) is 5.19. The second-order valence-corrected chi connectivity index (χ2v) is 4.25. The maximum Gasteiger partial charge on any atom is 0.104 e. The maximum absolute atomic E-state index is 9.96. The zero-order chi connectivity index (χ0) is 11.5. The molecule has 1 atom stereocenters. The van der Waals surface area contributed by atoms with Gasteiger partial charge >= 0.3 is 0 Å². The zero-order valence-electron chi connectivity index (χ0n) is 9.29. The van der Waals surface area contributed by atoms with E-state index in [1.807, 2.05) is 24.6 Å². The zero-order valence-corrected chi connectivity index (χ0v) is 10.1. The number of aromatic nitrogens is 4. The minimum absolute atomic E-state index is 0.528. The van der Waals surface area contributed by atoms with Crippen LogP contribution in [0, 0.1) is 6.92 Å². The lowest BCUT2D eigenvalue weighted by atomic mass is 10.1. The molecule has 6 heteroatoms. The Bertz CT molecular complexity index is 451. The molecule has 0 aliphatic heterocycles. The van der Waals surface area contributed by atoms with Crippen LogP contribution in [0.3, 0.4) is 0 Å². The van der Waals surface area contributed by atoms with E-state index < -0.39 is 6.10 Å². The monoisotopic (exact) mass is 238 g/mol. The van der Waals surface area contributed by atoms with Crippen molar-refractivity contribution < 1.29 is 5.11 Å². The number of nitrogens with zero attached hydrogens (tertiary/aromatic N) is 4. The van der Waals surface area contributed by atoms with E-state index in [0.717, 1.165) is 17.9 Å². The maximum atomic E-state index is 9.96. The molecule has 2 rings (SSSR count). The van der Waals surface area contributed by atoms with Crippen LogP contribution in [0.4, 0.5) is 0 Å². The fraction of sp³-hybridized carbons (Fsp3) is 0.500. The number of aryl methyl sites for hydroxylation is 2. The summed E-state index contributed by atoms with van der Waals surface area (Å²) in [5.41, 5.74) is 2.63. The highest BCUT2D eigenvalue weighted by atomic mass is 32.1. The summed E-state index contributed by atoms with van der Waals surface area (Å²) >= 11 is 1.25. The van der Waals surface area contributed by atoms with E-state index >= 15 is 0 Å². The van der Waals surface area contributed by atoms with Gasteiger partial charge in [0, 0.05) is 24.0 Å². The normalized spacial score (nSPS) is 12.9. The second-order valence-electron chi connectivity index (χ2n) is 3.64. The Balaban J connectivity index is 2.14. The molecular formula is C10H14N4OS. The number of hydrogen-bond donors (Lipinski definition) is 1. The SMILES string of the molecule is CCn1nc(C)cc1CC(O)c1csnn1. The fourth-order valence-electron chi connectivity index (χ4n) is 1.66. The number of aliphatic hydroxyl groups is 1. The van der Waals surface area contributed by atoms with Crippen LogP contribution in [0.25, 0.3) is 0 Å². The predicted molar refractivity (Wildman–Crippen MR) is 61.2 cm³/mol. The van der Waals surface area contributed by atoms with Crippen LogP contribution in [0.2, 0.25) is 0 Å². The summed E-state index contributed by atoms with van der Waals surface area (Å²) in [7, 11) is 0. The average Bonchev–Trinajstić information content (AvgIpc) is 2.87. The van der Waals surface area contributed by atoms with Gasteiger partial charge in [-0.2, -0.15) is 5.10 Å². The van der Waals surface area contributed by atoms with Gasteiger partial charge in [0.25, 0.3) is 0 Å². The van der Waals surface area contributed by atoms with Gasteiger partial charge < -0.3 is 5.11 Å². The molecule has 2 aromatic rings. The van der Waals surface area contributed by atoms with Crippen molar-refractivity contribution in [1.82, 2.24) is 19.4 Å². The molecule has 86 valence electrons. The minimum atomic E-state index is -0.597. The van der Waals surface area contributed by atoms with Gasteiger partial charge in [-0.15, -0.1) is 5.10 Å². The Morgan fingerprint density at radius 2 is 2.38 bits per heavy atom. The summed E-state index contributed by atoms with van der Waals surface area (Å²) < 4.78 is 5.64. The molecule has 1 unspecified atom stereocenters. The quantitative estimate of drug-likeness (QED) is 0.873. The first-order chi connectivity index (χ1) is 7.70. The molecule has 0 radical (unpaired) electrons. The van der Waals surface area contributed by atoms with E-state index in [-0.39, 0.29) is 0 Å². The molecular weight excluding hydrogens is 224 g/mol. The van der Waals surface area contributed by atoms with Crippen molar-refractivity contribution in [3.05, 3.63) is 28.5 Å². The van der Waals surface area contributed by atoms with E-state index in [0.29, 0.717) is 12.1 Å². The largest absolute Gasteiger partial charge is 0.386 e. The number of aliphatic hydroxyl groups excluding tert-OH is 1. The molecule has 16 heavy (non-hydrogen) atoms. The van der Waals surface area contributed by atoms with Gasteiger partial charge in [0.05, 0.1) is 5.69 Å². The molecule has 0 aromatic carbocycles. The lowest BCUT2D eigenvalue weighted by Crippen LogP contribution is -2.08.